The Balaban J connectivity index is 1.51. The molecule has 1 fully saturated rings. The van der Waals surface area contributed by atoms with Gasteiger partial charge in [-0.25, -0.2) is 8.42 Å². The van der Waals surface area contributed by atoms with E-state index in [4.69, 9.17) is 0 Å². The summed E-state index contributed by atoms with van der Waals surface area (Å²) in [5.41, 5.74) is 3.85. The van der Waals surface area contributed by atoms with E-state index >= 15 is 0 Å². The average Bonchev–Trinajstić information content (AvgIpc) is 2.74. The fraction of sp³-hybridized carbons (Fsp3) is 0.556. The van der Waals surface area contributed by atoms with E-state index in [2.05, 4.69) is 73.3 Å². The molecule has 0 amide bonds. The Morgan fingerprint density at radius 1 is 0.806 bits per heavy atom. The number of benzene rings is 2. The summed E-state index contributed by atoms with van der Waals surface area (Å²) in [6, 6.07) is 20.0. The van der Waals surface area contributed by atoms with Crippen molar-refractivity contribution in [3.05, 3.63) is 60.2 Å². The van der Waals surface area contributed by atoms with Gasteiger partial charge in [0.2, 0.25) is 0 Å². The maximum Gasteiger partial charge on any atom is 0.152 e. The van der Waals surface area contributed by atoms with Crippen LogP contribution in [-0.4, -0.2) is 25.5 Å². The van der Waals surface area contributed by atoms with Crippen molar-refractivity contribution in [2.24, 2.45) is 11.8 Å². The zero-order chi connectivity index (χ0) is 22.4. The van der Waals surface area contributed by atoms with Crippen molar-refractivity contribution >= 4 is 21.2 Å². The van der Waals surface area contributed by atoms with E-state index in [-0.39, 0.29) is 5.25 Å². The van der Waals surface area contributed by atoms with Crippen LogP contribution in [0.25, 0.3) is 0 Å². The predicted molar refractivity (Wildman–Crippen MR) is 133 cm³/mol. The molecule has 2 aromatic carbocycles. The van der Waals surface area contributed by atoms with Gasteiger partial charge in [-0.1, -0.05) is 43.2 Å². The van der Waals surface area contributed by atoms with Crippen LogP contribution in [0, 0.1) is 11.8 Å². The molecule has 31 heavy (non-hydrogen) atoms. The maximum absolute atomic E-state index is 12.2. The molecule has 1 aliphatic carbocycles. The third-order valence-electron chi connectivity index (χ3n) is 6.76. The first-order valence-electron chi connectivity index (χ1n) is 11.9. The Bertz CT molecular complexity index is 896. The number of anilines is 2. The normalized spacial score (nSPS) is 19.7. The SMILES string of the molecule is CC(C)N(c1ccccc1)c1ccc(CCC2CCC(CS(=O)(=O)C(C)C)CC2)cc1. The van der Waals surface area contributed by atoms with Gasteiger partial charge in [-0.2, -0.15) is 0 Å². The van der Waals surface area contributed by atoms with E-state index in [0.29, 0.717) is 17.7 Å². The molecule has 0 bridgehead atoms. The highest BCUT2D eigenvalue weighted by Crippen LogP contribution is 2.33. The molecule has 3 nitrogen and oxygen atoms in total. The monoisotopic (exact) mass is 441 g/mol. The number of hydrogen-bond donors (Lipinski definition) is 0. The Morgan fingerprint density at radius 2 is 1.35 bits per heavy atom. The van der Waals surface area contributed by atoms with Crippen LogP contribution >= 0.6 is 0 Å². The lowest BCUT2D eigenvalue weighted by Gasteiger charge is -2.30. The third kappa shape index (κ3) is 6.58. The minimum atomic E-state index is -2.91. The molecule has 170 valence electrons. The van der Waals surface area contributed by atoms with Gasteiger partial charge in [0.05, 0.1) is 11.0 Å². The van der Waals surface area contributed by atoms with Crippen molar-refractivity contribution in [1.82, 2.24) is 0 Å². The smallest absolute Gasteiger partial charge is 0.152 e. The van der Waals surface area contributed by atoms with Crippen LogP contribution in [0.3, 0.4) is 0 Å². The molecule has 1 saturated carbocycles. The van der Waals surface area contributed by atoms with Gasteiger partial charge >= 0.3 is 0 Å². The fourth-order valence-electron chi connectivity index (χ4n) is 4.74. The standard InChI is InChI=1S/C27H39NO2S/c1-21(2)28(26-8-6-5-7-9-26)27-18-16-24(17-19-27)11-10-23-12-14-25(15-13-23)20-31(29,30)22(3)4/h5-9,16-19,21-23,25H,10-15,20H2,1-4H3. The molecule has 0 N–H and O–H groups in total. The van der Waals surface area contributed by atoms with Crippen molar-refractivity contribution in [3.8, 4) is 0 Å². The zero-order valence-corrected chi connectivity index (χ0v) is 20.4. The van der Waals surface area contributed by atoms with E-state index in [9.17, 15) is 8.42 Å². The molecule has 0 spiro atoms. The van der Waals surface area contributed by atoms with E-state index in [1.54, 1.807) is 13.8 Å². The first kappa shape index (κ1) is 23.8. The predicted octanol–water partition coefficient (Wildman–Crippen LogP) is 6.80. The largest absolute Gasteiger partial charge is 0.339 e. The summed E-state index contributed by atoms with van der Waals surface area (Å²) in [5, 5.41) is -0.248. The van der Waals surface area contributed by atoms with E-state index in [1.165, 1.54) is 36.2 Å². The Labute approximate surface area is 189 Å². The Kier molecular flexibility index (Phi) is 8.21. The lowest BCUT2D eigenvalue weighted by Crippen LogP contribution is -2.26. The zero-order valence-electron chi connectivity index (χ0n) is 19.6. The molecule has 0 aromatic heterocycles. The van der Waals surface area contributed by atoms with Gasteiger partial charge in [0.1, 0.15) is 0 Å². The lowest BCUT2D eigenvalue weighted by molar-refractivity contribution is 0.278. The van der Waals surface area contributed by atoms with Gasteiger partial charge < -0.3 is 4.90 Å². The van der Waals surface area contributed by atoms with Gasteiger partial charge in [-0.3, -0.25) is 0 Å². The summed E-state index contributed by atoms with van der Waals surface area (Å²) in [6.45, 7) is 8.05. The minimum Gasteiger partial charge on any atom is -0.339 e. The molecule has 0 saturated heterocycles. The number of rotatable bonds is 9. The number of para-hydroxylation sites is 1. The average molecular weight is 442 g/mol. The molecule has 3 rings (SSSR count). The van der Waals surface area contributed by atoms with Gasteiger partial charge in [0.25, 0.3) is 0 Å². The summed E-state index contributed by atoms with van der Waals surface area (Å²) in [5.74, 6) is 1.48. The third-order valence-corrected chi connectivity index (χ3v) is 9.13. The van der Waals surface area contributed by atoms with Crippen LogP contribution in [0.2, 0.25) is 0 Å². The van der Waals surface area contributed by atoms with Crippen molar-refractivity contribution in [2.45, 2.75) is 77.5 Å². The molecular formula is C27H39NO2S. The Morgan fingerprint density at radius 3 is 1.90 bits per heavy atom. The lowest BCUT2D eigenvalue weighted by atomic mass is 9.80. The second kappa shape index (κ2) is 10.7. The quantitative estimate of drug-likeness (QED) is 0.430. The van der Waals surface area contributed by atoms with E-state index in [0.717, 1.165) is 25.2 Å². The number of sulfone groups is 1. The summed E-state index contributed by atoms with van der Waals surface area (Å²) < 4.78 is 24.4. The van der Waals surface area contributed by atoms with Gasteiger partial charge in [-0.15, -0.1) is 0 Å². The minimum absolute atomic E-state index is 0.248. The summed E-state index contributed by atoms with van der Waals surface area (Å²) >= 11 is 0. The van der Waals surface area contributed by atoms with Gasteiger partial charge in [0, 0.05) is 17.4 Å². The first-order chi connectivity index (χ1) is 14.8. The molecule has 0 unspecified atom stereocenters. The molecule has 1 aliphatic rings. The summed E-state index contributed by atoms with van der Waals surface area (Å²) in [6.07, 6.45) is 6.78. The second-order valence-corrected chi connectivity index (χ2v) is 12.4. The van der Waals surface area contributed by atoms with Crippen LogP contribution < -0.4 is 4.90 Å². The molecule has 4 heteroatoms. The Hall–Kier alpha value is -1.81. The second-order valence-electron chi connectivity index (χ2n) is 9.77. The van der Waals surface area contributed by atoms with Gasteiger partial charge in [0.15, 0.2) is 9.84 Å². The van der Waals surface area contributed by atoms with Crippen LogP contribution in [-0.2, 0) is 16.3 Å². The van der Waals surface area contributed by atoms with Crippen LogP contribution in [0.4, 0.5) is 11.4 Å². The molecule has 2 aromatic rings. The molecule has 0 heterocycles. The van der Waals surface area contributed by atoms with Crippen LogP contribution in [0.15, 0.2) is 54.6 Å². The van der Waals surface area contributed by atoms with Crippen molar-refractivity contribution in [2.75, 3.05) is 10.7 Å². The highest BCUT2D eigenvalue weighted by atomic mass is 32.2. The molecule has 0 aliphatic heterocycles. The number of hydrogen-bond acceptors (Lipinski definition) is 3. The topological polar surface area (TPSA) is 37.4 Å². The van der Waals surface area contributed by atoms with Crippen molar-refractivity contribution in [1.29, 1.82) is 0 Å². The number of aryl methyl sites for hydroxylation is 1. The maximum atomic E-state index is 12.2. The fourth-order valence-corrected chi connectivity index (χ4v) is 6.11. The summed E-state index contributed by atoms with van der Waals surface area (Å²) in [7, 11) is -2.91. The van der Waals surface area contributed by atoms with Gasteiger partial charge in [-0.05, 0) is 95.0 Å². The molecular weight excluding hydrogens is 402 g/mol. The highest BCUT2D eigenvalue weighted by Gasteiger charge is 2.27. The highest BCUT2D eigenvalue weighted by molar-refractivity contribution is 7.91. The summed E-state index contributed by atoms with van der Waals surface area (Å²) in [4.78, 5) is 2.37. The molecule has 0 atom stereocenters. The van der Waals surface area contributed by atoms with Crippen LogP contribution in [0.5, 0.6) is 0 Å². The van der Waals surface area contributed by atoms with E-state index in [1.807, 2.05) is 0 Å². The molecule has 0 radical (unpaired) electrons. The van der Waals surface area contributed by atoms with Crippen molar-refractivity contribution in [3.63, 3.8) is 0 Å². The first-order valence-corrected chi connectivity index (χ1v) is 13.6. The van der Waals surface area contributed by atoms with Crippen LogP contribution in [0.1, 0.15) is 65.4 Å². The van der Waals surface area contributed by atoms with Crippen molar-refractivity contribution < 1.29 is 8.42 Å². The van der Waals surface area contributed by atoms with E-state index < -0.39 is 9.84 Å². The number of nitrogens with zero attached hydrogens (tertiary/aromatic N) is 1.